The summed E-state index contributed by atoms with van der Waals surface area (Å²) in [5.41, 5.74) is 0.965. The number of likely N-dealkylation sites (N-methyl/N-ethyl adjacent to an activating group) is 1. The van der Waals surface area contributed by atoms with E-state index >= 15 is 0 Å². The molecule has 4 atom stereocenters. The molecule has 0 fully saturated rings. The fourth-order valence-corrected chi connectivity index (χ4v) is 6.16. The number of hydrogen-bond donors (Lipinski definition) is 6. The second kappa shape index (κ2) is 9.28. The molecule has 12 heteroatoms. The molecule has 2 aromatic carbocycles. The highest BCUT2D eigenvalue weighted by molar-refractivity contribution is 6.25. The van der Waals surface area contributed by atoms with E-state index in [0.717, 1.165) is 6.07 Å². The van der Waals surface area contributed by atoms with Crippen LogP contribution in [0.2, 0.25) is 0 Å². The van der Waals surface area contributed by atoms with Crippen molar-refractivity contribution in [2.75, 3.05) is 19.4 Å². The van der Waals surface area contributed by atoms with E-state index in [1.165, 1.54) is 35.2 Å². The number of aromatic hydroxyl groups is 1. The largest absolute Gasteiger partial charge is 0.510 e. The molecule has 0 saturated heterocycles. The van der Waals surface area contributed by atoms with Gasteiger partial charge < -0.3 is 31.5 Å². The van der Waals surface area contributed by atoms with Crippen molar-refractivity contribution in [2.45, 2.75) is 24.5 Å². The van der Waals surface area contributed by atoms with E-state index in [4.69, 9.17) is 5.73 Å². The normalized spacial score (nSPS) is 25.9. The first-order valence-electron chi connectivity index (χ1n) is 12.4. The number of rotatable bonds is 4. The molecule has 7 N–H and O–H groups in total. The van der Waals surface area contributed by atoms with Crippen molar-refractivity contribution in [1.29, 1.82) is 0 Å². The number of halogens is 1. The summed E-state index contributed by atoms with van der Waals surface area (Å²) in [6.45, 7) is 0. The van der Waals surface area contributed by atoms with Crippen LogP contribution >= 0.6 is 0 Å². The van der Waals surface area contributed by atoms with Crippen LogP contribution in [0.25, 0.3) is 0 Å². The standard InChI is InChI=1S/C28H26FN3O8/c1-32(2)20-14-10-12-9-11-7-8-16(31-27(39)13-5-3-4-6-15(13)29)21(33)17(11)22(34)18(12)24(36)28(14,40)25(37)19(23(20)35)26(30)38/h3-8,12,14,20,33,35-36,40H,9-10H2,1-2H3,(H2,30,38)(H,31,39). The summed E-state index contributed by atoms with van der Waals surface area (Å²) < 4.78 is 14.1. The summed E-state index contributed by atoms with van der Waals surface area (Å²) in [6, 6.07) is 6.96. The van der Waals surface area contributed by atoms with E-state index in [2.05, 4.69) is 5.32 Å². The number of amides is 2. The lowest BCUT2D eigenvalue weighted by atomic mass is 9.58. The van der Waals surface area contributed by atoms with E-state index < -0.39 is 75.5 Å². The molecule has 0 aliphatic heterocycles. The number of phenols is 1. The van der Waals surface area contributed by atoms with Crippen molar-refractivity contribution in [3.8, 4) is 5.75 Å². The van der Waals surface area contributed by atoms with Gasteiger partial charge in [0, 0.05) is 11.5 Å². The maximum atomic E-state index is 14.1. The summed E-state index contributed by atoms with van der Waals surface area (Å²) in [7, 11) is 3.09. The highest BCUT2D eigenvalue weighted by Gasteiger charge is 2.63. The zero-order valence-electron chi connectivity index (χ0n) is 21.4. The van der Waals surface area contributed by atoms with Crippen LogP contribution in [0.15, 0.2) is 59.1 Å². The van der Waals surface area contributed by atoms with Crippen LogP contribution < -0.4 is 11.1 Å². The number of benzene rings is 2. The second-order valence-corrected chi connectivity index (χ2v) is 10.4. The predicted octanol–water partition coefficient (Wildman–Crippen LogP) is 1.51. The molecule has 0 aromatic heterocycles. The number of aliphatic hydroxyl groups is 3. The van der Waals surface area contributed by atoms with Crippen molar-refractivity contribution >= 4 is 29.1 Å². The van der Waals surface area contributed by atoms with Crippen LogP contribution in [-0.2, 0) is 16.0 Å². The Morgan fingerprint density at radius 1 is 1.10 bits per heavy atom. The van der Waals surface area contributed by atoms with Crippen molar-refractivity contribution < 1.29 is 44.0 Å². The summed E-state index contributed by atoms with van der Waals surface area (Å²) in [5.74, 6) is -9.35. The highest BCUT2D eigenvalue weighted by Crippen LogP contribution is 2.52. The molecule has 0 saturated carbocycles. The Kier molecular flexibility index (Phi) is 6.27. The molecular formula is C28H26FN3O8. The number of carbonyl (C=O) groups excluding carboxylic acids is 4. The van der Waals surface area contributed by atoms with Crippen LogP contribution in [0.5, 0.6) is 5.75 Å². The number of aliphatic hydroxyl groups excluding tert-OH is 2. The van der Waals surface area contributed by atoms with E-state index in [9.17, 15) is 44.0 Å². The van der Waals surface area contributed by atoms with E-state index in [1.807, 2.05) is 0 Å². The van der Waals surface area contributed by atoms with E-state index in [0.29, 0.717) is 5.56 Å². The summed E-state index contributed by atoms with van der Waals surface area (Å²) in [6.07, 6.45) is 0.0575. The number of carbonyl (C=O) groups is 4. The van der Waals surface area contributed by atoms with Crippen LogP contribution in [-0.4, -0.2) is 74.4 Å². The molecule has 40 heavy (non-hydrogen) atoms. The molecule has 4 unspecified atom stereocenters. The Bertz CT molecular complexity index is 1580. The minimum Gasteiger partial charge on any atom is -0.510 e. The first-order valence-corrected chi connectivity index (χ1v) is 12.4. The molecule has 0 bridgehead atoms. The molecule has 2 aromatic rings. The third-order valence-corrected chi connectivity index (χ3v) is 7.96. The minimum atomic E-state index is -2.75. The van der Waals surface area contributed by atoms with E-state index in [-0.39, 0.29) is 35.2 Å². The number of hydrogen-bond acceptors (Lipinski definition) is 9. The lowest BCUT2D eigenvalue weighted by Crippen LogP contribution is -2.63. The number of Topliss-reactive ketones (excluding diaryl/α,β-unsaturated/α-hetero) is 2. The Morgan fingerprint density at radius 2 is 1.77 bits per heavy atom. The number of anilines is 1. The predicted molar refractivity (Wildman–Crippen MR) is 138 cm³/mol. The number of primary amides is 1. The maximum absolute atomic E-state index is 14.1. The maximum Gasteiger partial charge on any atom is 0.258 e. The van der Waals surface area contributed by atoms with Gasteiger partial charge >= 0.3 is 0 Å². The van der Waals surface area contributed by atoms with Gasteiger partial charge in [-0.2, -0.15) is 0 Å². The van der Waals surface area contributed by atoms with Gasteiger partial charge in [-0.25, -0.2) is 4.39 Å². The Hall–Kier alpha value is -4.55. The third kappa shape index (κ3) is 3.71. The number of fused-ring (bicyclic) bond motifs is 3. The Balaban J connectivity index is 1.60. The third-order valence-electron chi connectivity index (χ3n) is 7.96. The van der Waals surface area contributed by atoms with Gasteiger partial charge in [-0.05, 0) is 56.6 Å². The molecule has 11 nitrogen and oxygen atoms in total. The number of ketones is 2. The van der Waals surface area contributed by atoms with Crippen LogP contribution in [0.1, 0.15) is 32.7 Å². The van der Waals surface area contributed by atoms with Crippen LogP contribution in [0.4, 0.5) is 10.1 Å². The average molecular weight is 552 g/mol. The van der Waals surface area contributed by atoms with Gasteiger partial charge in [-0.1, -0.05) is 18.2 Å². The van der Waals surface area contributed by atoms with Gasteiger partial charge in [0.2, 0.25) is 5.78 Å². The fourth-order valence-electron chi connectivity index (χ4n) is 6.16. The second-order valence-electron chi connectivity index (χ2n) is 10.4. The molecule has 208 valence electrons. The average Bonchev–Trinajstić information content (AvgIpc) is 2.87. The zero-order chi connectivity index (χ0) is 29.3. The first-order chi connectivity index (χ1) is 18.8. The Labute approximate surface area is 227 Å². The van der Waals surface area contributed by atoms with Crippen molar-refractivity contribution in [3.63, 3.8) is 0 Å². The fraction of sp³-hybridized carbons (Fsp3) is 0.286. The molecule has 0 radical (unpaired) electrons. The summed E-state index contributed by atoms with van der Waals surface area (Å²) >= 11 is 0. The van der Waals surface area contributed by atoms with Crippen molar-refractivity contribution in [1.82, 2.24) is 4.90 Å². The minimum absolute atomic E-state index is 0.0434. The molecular weight excluding hydrogens is 525 g/mol. The summed E-state index contributed by atoms with van der Waals surface area (Å²) in [4.78, 5) is 53.2. The first kappa shape index (κ1) is 27.0. The van der Waals surface area contributed by atoms with Gasteiger partial charge in [-0.15, -0.1) is 0 Å². The van der Waals surface area contributed by atoms with Crippen LogP contribution in [0.3, 0.4) is 0 Å². The topological polar surface area (TPSA) is 190 Å². The molecule has 0 spiro atoms. The van der Waals surface area contributed by atoms with Gasteiger partial charge in [0.15, 0.2) is 17.1 Å². The molecule has 3 aliphatic carbocycles. The number of allylic oxidation sites excluding steroid dienone is 1. The number of nitrogens with zero attached hydrogens (tertiary/aromatic N) is 1. The van der Waals surface area contributed by atoms with Crippen molar-refractivity contribution in [2.24, 2.45) is 17.6 Å². The molecule has 0 heterocycles. The SMILES string of the molecule is CN(C)C1C(O)=C(C(N)=O)C(=O)C2(O)C(O)=C3C(=O)c4c(ccc(NC(=O)c5ccccc5F)c4O)CC3CC12. The van der Waals surface area contributed by atoms with Gasteiger partial charge in [-0.3, -0.25) is 24.1 Å². The number of phenolic OH excluding ortho intramolecular Hbond substituents is 1. The number of nitrogens with one attached hydrogen (secondary N) is 1. The lowest BCUT2D eigenvalue weighted by Gasteiger charge is -2.50. The summed E-state index contributed by atoms with van der Waals surface area (Å²) in [5, 5.41) is 47.1. The van der Waals surface area contributed by atoms with E-state index in [1.54, 1.807) is 14.1 Å². The van der Waals surface area contributed by atoms with Gasteiger partial charge in [0.25, 0.3) is 11.8 Å². The number of nitrogens with two attached hydrogens (primary N) is 1. The van der Waals surface area contributed by atoms with Gasteiger partial charge in [0.1, 0.15) is 22.9 Å². The molecule has 5 rings (SSSR count). The smallest absolute Gasteiger partial charge is 0.258 e. The van der Waals surface area contributed by atoms with Crippen molar-refractivity contribution in [3.05, 3.63) is 81.6 Å². The lowest BCUT2D eigenvalue weighted by molar-refractivity contribution is -0.148. The monoisotopic (exact) mass is 551 g/mol. The molecule has 2 amide bonds. The quantitative estimate of drug-likeness (QED) is 0.242. The highest BCUT2D eigenvalue weighted by atomic mass is 19.1. The zero-order valence-corrected chi connectivity index (χ0v) is 21.4. The van der Waals surface area contributed by atoms with Gasteiger partial charge in [0.05, 0.1) is 22.9 Å². The molecule has 3 aliphatic rings. The van der Waals surface area contributed by atoms with Crippen LogP contribution in [0, 0.1) is 17.7 Å². The Morgan fingerprint density at radius 3 is 2.40 bits per heavy atom.